The van der Waals surface area contributed by atoms with Crippen LogP contribution >= 0.6 is 0 Å². The molecule has 2 heterocycles. The fourth-order valence-electron chi connectivity index (χ4n) is 6.87. The number of rotatable bonds is 5. The van der Waals surface area contributed by atoms with Gasteiger partial charge in [-0.05, 0) is 62.7 Å². The molecule has 26 heavy (non-hydrogen) atoms. The molecule has 0 spiro atoms. The molecule has 6 rings (SSSR count). The molecule has 142 valence electrons. The fourth-order valence-corrected chi connectivity index (χ4v) is 6.87. The van der Waals surface area contributed by atoms with Crippen LogP contribution in [0.25, 0.3) is 0 Å². The van der Waals surface area contributed by atoms with Crippen LogP contribution in [0, 0.1) is 17.8 Å². The van der Waals surface area contributed by atoms with Gasteiger partial charge in [-0.2, -0.15) is 0 Å². The summed E-state index contributed by atoms with van der Waals surface area (Å²) in [5.41, 5.74) is 0.505. The van der Waals surface area contributed by atoms with E-state index in [1.54, 1.807) is 6.20 Å². The zero-order chi connectivity index (χ0) is 17.6. The van der Waals surface area contributed by atoms with Crippen molar-refractivity contribution in [1.29, 1.82) is 0 Å². The summed E-state index contributed by atoms with van der Waals surface area (Å²) in [6, 6.07) is 0. The summed E-state index contributed by atoms with van der Waals surface area (Å²) in [4.78, 5) is 21.5. The van der Waals surface area contributed by atoms with E-state index in [1.165, 1.54) is 38.5 Å². The third-order valence-corrected chi connectivity index (χ3v) is 7.68. The van der Waals surface area contributed by atoms with Crippen molar-refractivity contribution >= 4 is 5.91 Å². The Bertz CT molecular complexity index is 597. The molecule has 4 aliphatic carbocycles. The molecule has 4 bridgehead atoms. The standard InChI is InChI=1S/C21H32N4O/c26-20(2-1-4-23-5-3-22-16-23)24-6-8-25(9-7-24)21-13-17-10-18(14-21)12-19(11-17)15-21/h3,5,16-19H,1-2,4,6-15H2. The van der Waals surface area contributed by atoms with Gasteiger partial charge < -0.3 is 9.47 Å². The smallest absolute Gasteiger partial charge is 0.222 e. The molecular weight excluding hydrogens is 324 g/mol. The second-order valence-corrected chi connectivity index (χ2v) is 9.41. The van der Waals surface area contributed by atoms with E-state index in [0.29, 0.717) is 17.9 Å². The Morgan fingerprint density at radius 3 is 2.23 bits per heavy atom. The molecule has 1 aromatic rings. The minimum Gasteiger partial charge on any atom is -0.340 e. The third kappa shape index (κ3) is 3.08. The molecule has 5 heteroatoms. The molecule has 0 N–H and O–H groups in total. The average molecular weight is 357 g/mol. The van der Waals surface area contributed by atoms with Crippen LogP contribution in [0.2, 0.25) is 0 Å². The molecule has 0 radical (unpaired) electrons. The molecule has 1 saturated heterocycles. The number of hydrogen-bond acceptors (Lipinski definition) is 3. The molecule has 4 saturated carbocycles. The van der Waals surface area contributed by atoms with Gasteiger partial charge >= 0.3 is 0 Å². The summed E-state index contributed by atoms with van der Waals surface area (Å²) < 4.78 is 2.05. The summed E-state index contributed by atoms with van der Waals surface area (Å²) in [6.45, 7) is 4.95. The summed E-state index contributed by atoms with van der Waals surface area (Å²) in [6.07, 6.45) is 16.0. The monoisotopic (exact) mass is 356 g/mol. The molecule has 0 aromatic carbocycles. The quantitative estimate of drug-likeness (QED) is 0.815. The Kier molecular flexibility index (Phi) is 4.30. The minimum atomic E-state index is 0.343. The summed E-state index contributed by atoms with van der Waals surface area (Å²) in [5.74, 6) is 3.35. The van der Waals surface area contributed by atoms with Gasteiger partial charge in [0.25, 0.3) is 0 Å². The predicted octanol–water partition coefficient (Wildman–Crippen LogP) is 2.78. The highest BCUT2D eigenvalue weighted by atomic mass is 16.2. The van der Waals surface area contributed by atoms with Crippen molar-refractivity contribution in [3.05, 3.63) is 18.7 Å². The van der Waals surface area contributed by atoms with E-state index >= 15 is 0 Å². The number of nitrogens with zero attached hydrogens (tertiary/aromatic N) is 4. The molecule has 1 amide bonds. The van der Waals surface area contributed by atoms with Gasteiger partial charge in [0.05, 0.1) is 6.33 Å². The molecule has 5 fully saturated rings. The second kappa shape index (κ2) is 6.66. The zero-order valence-electron chi connectivity index (χ0n) is 15.9. The van der Waals surface area contributed by atoms with Crippen molar-refractivity contribution in [2.24, 2.45) is 17.8 Å². The lowest BCUT2D eigenvalue weighted by molar-refractivity contribution is -0.138. The highest BCUT2D eigenvalue weighted by molar-refractivity contribution is 5.76. The topological polar surface area (TPSA) is 41.4 Å². The van der Waals surface area contributed by atoms with Crippen molar-refractivity contribution < 1.29 is 4.79 Å². The number of amides is 1. The van der Waals surface area contributed by atoms with E-state index in [9.17, 15) is 4.79 Å². The van der Waals surface area contributed by atoms with Crippen LogP contribution in [0.1, 0.15) is 51.4 Å². The van der Waals surface area contributed by atoms with E-state index in [0.717, 1.165) is 56.9 Å². The Hall–Kier alpha value is -1.36. The average Bonchev–Trinajstić information content (AvgIpc) is 3.14. The van der Waals surface area contributed by atoms with Crippen LogP contribution in [-0.2, 0) is 11.3 Å². The zero-order valence-corrected chi connectivity index (χ0v) is 15.9. The SMILES string of the molecule is O=C(CCCn1ccnc1)N1CCN(C23CC4CC(CC(C4)C2)C3)CC1. The Morgan fingerprint density at radius 1 is 1.00 bits per heavy atom. The van der Waals surface area contributed by atoms with Gasteiger partial charge in [0.1, 0.15) is 0 Å². The van der Waals surface area contributed by atoms with E-state index < -0.39 is 0 Å². The van der Waals surface area contributed by atoms with Crippen LogP contribution in [0.5, 0.6) is 0 Å². The highest BCUT2D eigenvalue weighted by Gasteiger charge is 2.53. The fraction of sp³-hybridized carbons (Fsp3) is 0.810. The van der Waals surface area contributed by atoms with E-state index in [-0.39, 0.29) is 0 Å². The molecule has 5 nitrogen and oxygen atoms in total. The maximum atomic E-state index is 12.6. The first-order valence-corrected chi connectivity index (χ1v) is 10.7. The van der Waals surface area contributed by atoms with Crippen molar-refractivity contribution in [2.75, 3.05) is 26.2 Å². The van der Waals surface area contributed by atoms with Crippen LogP contribution in [0.15, 0.2) is 18.7 Å². The maximum Gasteiger partial charge on any atom is 0.222 e. The van der Waals surface area contributed by atoms with Crippen LogP contribution < -0.4 is 0 Å². The number of aromatic nitrogens is 2. The molecule has 1 aliphatic heterocycles. The molecule has 5 aliphatic rings. The third-order valence-electron chi connectivity index (χ3n) is 7.68. The van der Waals surface area contributed by atoms with Gasteiger partial charge in [-0.1, -0.05) is 0 Å². The lowest BCUT2D eigenvalue weighted by Crippen LogP contribution is -2.64. The number of hydrogen-bond donors (Lipinski definition) is 0. The first kappa shape index (κ1) is 16.8. The van der Waals surface area contributed by atoms with Crippen molar-refractivity contribution in [2.45, 2.75) is 63.5 Å². The van der Waals surface area contributed by atoms with Gasteiger partial charge in [0.2, 0.25) is 5.91 Å². The summed E-state index contributed by atoms with van der Waals surface area (Å²) in [7, 11) is 0. The maximum absolute atomic E-state index is 12.6. The van der Waals surface area contributed by atoms with Crippen molar-refractivity contribution in [3.63, 3.8) is 0 Å². The lowest BCUT2D eigenvalue weighted by atomic mass is 9.52. The number of piperazine rings is 1. The first-order valence-electron chi connectivity index (χ1n) is 10.7. The minimum absolute atomic E-state index is 0.343. The number of carbonyl (C=O) groups excluding carboxylic acids is 1. The normalized spacial score (nSPS) is 36.6. The van der Waals surface area contributed by atoms with Gasteiger partial charge in [0, 0.05) is 57.1 Å². The van der Waals surface area contributed by atoms with Crippen LogP contribution in [-0.4, -0.2) is 57.0 Å². The molecule has 1 aromatic heterocycles. The van der Waals surface area contributed by atoms with Crippen molar-refractivity contribution in [1.82, 2.24) is 19.4 Å². The van der Waals surface area contributed by atoms with Crippen LogP contribution in [0.3, 0.4) is 0 Å². The largest absolute Gasteiger partial charge is 0.340 e. The molecule has 0 atom stereocenters. The summed E-state index contributed by atoms with van der Waals surface area (Å²) in [5, 5.41) is 0. The van der Waals surface area contributed by atoms with Gasteiger partial charge in [-0.25, -0.2) is 4.98 Å². The van der Waals surface area contributed by atoms with Gasteiger partial charge in [-0.15, -0.1) is 0 Å². The molecular formula is C21H32N4O. The van der Waals surface area contributed by atoms with E-state index in [4.69, 9.17) is 0 Å². The Morgan fingerprint density at radius 2 is 1.65 bits per heavy atom. The number of aryl methyl sites for hydroxylation is 1. The van der Waals surface area contributed by atoms with Crippen LogP contribution in [0.4, 0.5) is 0 Å². The Balaban J connectivity index is 1.12. The van der Waals surface area contributed by atoms with E-state index in [2.05, 4.69) is 19.4 Å². The van der Waals surface area contributed by atoms with Crippen molar-refractivity contribution in [3.8, 4) is 0 Å². The van der Waals surface area contributed by atoms with Gasteiger partial charge in [-0.3, -0.25) is 9.69 Å². The highest BCUT2D eigenvalue weighted by Crippen LogP contribution is 2.57. The Labute approximate surface area is 156 Å². The second-order valence-electron chi connectivity index (χ2n) is 9.41. The van der Waals surface area contributed by atoms with E-state index in [1.807, 2.05) is 12.5 Å². The lowest BCUT2D eigenvalue weighted by Gasteiger charge is -2.61. The summed E-state index contributed by atoms with van der Waals surface area (Å²) >= 11 is 0. The predicted molar refractivity (Wildman–Crippen MR) is 101 cm³/mol. The number of carbonyl (C=O) groups is 1. The van der Waals surface area contributed by atoms with Gasteiger partial charge in [0.15, 0.2) is 0 Å². The molecule has 0 unspecified atom stereocenters. The number of imidazole rings is 1. The first-order chi connectivity index (χ1) is 12.7.